The second-order valence-corrected chi connectivity index (χ2v) is 5.49. The van der Waals surface area contributed by atoms with Crippen LogP contribution in [0.5, 0.6) is 0 Å². The third kappa shape index (κ3) is 5.93. The molecule has 21 heavy (non-hydrogen) atoms. The van der Waals surface area contributed by atoms with Gasteiger partial charge in [-0.3, -0.25) is 4.90 Å². The fourth-order valence-electron chi connectivity index (χ4n) is 2.16. The molecule has 1 aromatic carbocycles. The molecule has 0 fully saturated rings. The third-order valence-electron chi connectivity index (χ3n) is 3.24. The first kappa shape index (κ1) is 17.8. The van der Waals surface area contributed by atoms with Crippen LogP contribution in [-0.4, -0.2) is 43.5 Å². The number of halogens is 3. The molecule has 0 aliphatic rings. The van der Waals surface area contributed by atoms with Crippen LogP contribution in [-0.2, 0) is 12.7 Å². The first-order chi connectivity index (χ1) is 9.74. The van der Waals surface area contributed by atoms with Gasteiger partial charge in [-0.1, -0.05) is 13.0 Å². The standard InChI is InChI=1S/C15H24F3N3/c1-4-7-21(9-8-20(2)3)11-12-5-6-13(19)10-14(12)15(16,17)18/h5-6,10H,4,7-9,11,19H2,1-3H3. The highest BCUT2D eigenvalue weighted by molar-refractivity contribution is 5.46. The number of alkyl halides is 3. The molecule has 0 saturated heterocycles. The van der Waals surface area contributed by atoms with Gasteiger partial charge in [-0.2, -0.15) is 13.2 Å². The lowest BCUT2D eigenvalue weighted by atomic mass is 10.1. The molecule has 0 saturated carbocycles. The van der Waals surface area contributed by atoms with Gasteiger partial charge in [0.15, 0.2) is 0 Å². The number of nitrogens with two attached hydrogens (primary N) is 1. The summed E-state index contributed by atoms with van der Waals surface area (Å²) in [4.78, 5) is 4.07. The predicted octanol–water partition coefficient (Wildman–Crippen LogP) is 3.06. The van der Waals surface area contributed by atoms with Gasteiger partial charge in [-0.25, -0.2) is 0 Å². The Balaban J connectivity index is 2.92. The maximum absolute atomic E-state index is 13.1. The largest absolute Gasteiger partial charge is 0.416 e. The first-order valence-corrected chi connectivity index (χ1v) is 7.06. The van der Waals surface area contributed by atoms with Gasteiger partial charge in [0.1, 0.15) is 0 Å². The molecule has 0 spiro atoms. The van der Waals surface area contributed by atoms with Crippen molar-refractivity contribution in [3.05, 3.63) is 29.3 Å². The van der Waals surface area contributed by atoms with Crippen molar-refractivity contribution in [2.24, 2.45) is 0 Å². The van der Waals surface area contributed by atoms with Crippen molar-refractivity contribution in [3.8, 4) is 0 Å². The summed E-state index contributed by atoms with van der Waals surface area (Å²) >= 11 is 0. The molecule has 1 rings (SSSR count). The van der Waals surface area contributed by atoms with Crippen LogP contribution in [0.3, 0.4) is 0 Å². The zero-order valence-electron chi connectivity index (χ0n) is 12.9. The van der Waals surface area contributed by atoms with E-state index in [4.69, 9.17) is 5.73 Å². The highest BCUT2D eigenvalue weighted by Crippen LogP contribution is 2.33. The van der Waals surface area contributed by atoms with Crippen molar-refractivity contribution in [1.29, 1.82) is 0 Å². The van der Waals surface area contributed by atoms with Crippen molar-refractivity contribution in [1.82, 2.24) is 9.80 Å². The molecule has 0 bridgehead atoms. The number of anilines is 1. The molecule has 120 valence electrons. The summed E-state index contributed by atoms with van der Waals surface area (Å²) in [5.41, 5.74) is 5.28. The minimum Gasteiger partial charge on any atom is -0.399 e. The molecule has 0 radical (unpaired) electrons. The molecule has 0 unspecified atom stereocenters. The van der Waals surface area contributed by atoms with Crippen LogP contribution in [0.4, 0.5) is 18.9 Å². The highest BCUT2D eigenvalue weighted by atomic mass is 19.4. The minimum atomic E-state index is -4.37. The lowest BCUT2D eigenvalue weighted by Crippen LogP contribution is -2.32. The molecule has 1 aromatic rings. The van der Waals surface area contributed by atoms with Crippen LogP contribution in [0, 0.1) is 0 Å². The van der Waals surface area contributed by atoms with Crippen molar-refractivity contribution < 1.29 is 13.2 Å². The van der Waals surface area contributed by atoms with Gasteiger partial charge in [0.05, 0.1) is 5.56 Å². The zero-order chi connectivity index (χ0) is 16.0. The molecular formula is C15H24F3N3. The summed E-state index contributed by atoms with van der Waals surface area (Å²) in [6.07, 6.45) is -3.46. The number of likely N-dealkylation sites (N-methyl/N-ethyl adjacent to an activating group) is 1. The van der Waals surface area contributed by atoms with Crippen molar-refractivity contribution in [2.45, 2.75) is 26.1 Å². The van der Waals surface area contributed by atoms with Crippen LogP contribution in [0.15, 0.2) is 18.2 Å². The van der Waals surface area contributed by atoms with E-state index in [-0.39, 0.29) is 17.8 Å². The van der Waals surface area contributed by atoms with Crippen LogP contribution in [0.1, 0.15) is 24.5 Å². The van der Waals surface area contributed by atoms with E-state index in [1.807, 2.05) is 30.8 Å². The first-order valence-electron chi connectivity index (χ1n) is 7.06. The highest BCUT2D eigenvalue weighted by Gasteiger charge is 2.33. The Bertz CT molecular complexity index is 444. The Hall–Kier alpha value is -1.27. The van der Waals surface area contributed by atoms with Crippen molar-refractivity contribution in [2.75, 3.05) is 39.5 Å². The van der Waals surface area contributed by atoms with E-state index in [9.17, 15) is 13.2 Å². The Morgan fingerprint density at radius 2 is 1.76 bits per heavy atom. The van der Waals surface area contributed by atoms with Gasteiger partial charge < -0.3 is 10.6 Å². The predicted molar refractivity (Wildman–Crippen MR) is 80.0 cm³/mol. The molecule has 0 aliphatic carbocycles. The van der Waals surface area contributed by atoms with Crippen LogP contribution in [0.25, 0.3) is 0 Å². The topological polar surface area (TPSA) is 32.5 Å². The van der Waals surface area contributed by atoms with E-state index in [1.54, 1.807) is 0 Å². The Kier molecular flexibility index (Phi) is 6.48. The van der Waals surface area contributed by atoms with Crippen molar-refractivity contribution in [3.63, 3.8) is 0 Å². The quantitative estimate of drug-likeness (QED) is 0.786. The fraction of sp³-hybridized carbons (Fsp3) is 0.600. The smallest absolute Gasteiger partial charge is 0.399 e. The molecule has 0 atom stereocenters. The number of nitrogens with zero attached hydrogens (tertiary/aromatic N) is 2. The summed E-state index contributed by atoms with van der Waals surface area (Å²) in [5.74, 6) is 0. The van der Waals surface area contributed by atoms with Crippen LogP contribution < -0.4 is 5.73 Å². The van der Waals surface area contributed by atoms with E-state index in [0.717, 1.165) is 32.1 Å². The Morgan fingerprint density at radius 1 is 1.10 bits per heavy atom. The van der Waals surface area contributed by atoms with E-state index >= 15 is 0 Å². The van der Waals surface area contributed by atoms with Gasteiger partial charge >= 0.3 is 6.18 Å². The van der Waals surface area contributed by atoms with Gasteiger partial charge in [0.25, 0.3) is 0 Å². The summed E-state index contributed by atoms with van der Waals surface area (Å²) in [5, 5.41) is 0. The third-order valence-corrected chi connectivity index (χ3v) is 3.24. The average Bonchev–Trinajstić information content (AvgIpc) is 2.37. The Morgan fingerprint density at radius 3 is 2.29 bits per heavy atom. The number of nitrogen functional groups attached to an aromatic ring is 1. The second-order valence-electron chi connectivity index (χ2n) is 5.49. The summed E-state index contributed by atoms with van der Waals surface area (Å²) in [6.45, 7) is 4.64. The minimum absolute atomic E-state index is 0.140. The number of benzene rings is 1. The molecule has 2 N–H and O–H groups in total. The SMILES string of the molecule is CCCN(CCN(C)C)Cc1ccc(N)cc1C(F)(F)F. The monoisotopic (exact) mass is 303 g/mol. The molecule has 3 nitrogen and oxygen atoms in total. The molecule has 0 aliphatic heterocycles. The van der Waals surface area contributed by atoms with E-state index in [2.05, 4.69) is 0 Å². The molecule has 0 aromatic heterocycles. The number of rotatable bonds is 7. The number of hydrogen-bond acceptors (Lipinski definition) is 3. The van der Waals surface area contributed by atoms with Crippen LogP contribution in [0.2, 0.25) is 0 Å². The van der Waals surface area contributed by atoms with E-state index in [1.165, 1.54) is 12.1 Å². The second kappa shape index (κ2) is 7.66. The van der Waals surface area contributed by atoms with Crippen molar-refractivity contribution >= 4 is 5.69 Å². The molecular weight excluding hydrogens is 279 g/mol. The molecule has 0 amide bonds. The molecule has 0 heterocycles. The van der Waals surface area contributed by atoms with Gasteiger partial charge in [0, 0.05) is 25.3 Å². The average molecular weight is 303 g/mol. The van der Waals surface area contributed by atoms with Crippen LogP contribution >= 0.6 is 0 Å². The summed E-state index contributed by atoms with van der Waals surface area (Å²) in [7, 11) is 3.91. The normalized spacial score (nSPS) is 12.4. The van der Waals surface area contributed by atoms with E-state index in [0.29, 0.717) is 0 Å². The van der Waals surface area contributed by atoms with E-state index < -0.39 is 11.7 Å². The van der Waals surface area contributed by atoms with Gasteiger partial charge in [-0.05, 0) is 44.8 Å². The van der Waals surface area contributed by atoms with Gasteiger partial charge in [-0.15, -0.1) is 0 Å². The fourth-order valence-corrected chi connectivity index (χ4v) is 2.16. The number of hydrogen-bond donors (Lipinski definition) is 1. The maximum atomic E-state index is 13.1. The lowest BCUT2D eigenvalue weighted by Gasteiger charge is -2.25. The van der Waals surface area contributed by atoms with Gasteiger partial charge in [0.2, 0.25) is 0 Å². The zero-order valence-corrected chi connectivity index (χ0v) is 12.9. The Labute approximate surface area is 124 Å². The summed E-state index contributed by atoms with van der Waals surface area (Å²) < 4.78 is 39.3. The maximum Gasteiger partial charge on any atom is 0.416 e. The lowest BCUT2D eigenvalue weighted by molar-refractivity contribution is -0.138. The summed E-state index contributed by atoms with van der Waals surface area (Å²) in [6, 6.07) is 4.03. The molecule has 6 heteroatoms.